The lowest BCUT2D eigenvalue weighted by Gasteiger charge is -2.39. The zero-order valence-corrected chi connectivity index (χ0v) is 13.0. The number of carbonyl (C=O) groups is 1. The summed E-state index contributed by atoms with van der Waals surface area (Å²) in [4.78, 5) is 14.0. The number of carboxylic acid groups (broad SMARTS) is 1. The average molecular weight is 269 g/mol. The van der Waals surface area contributed by atoms with Crippen LogP contribution in [0.4, 0.5) is 0 Å². The van der Waals surface area contributed by atoms with Crippen LogP contribution in [0.3, 0.4) is 0 Å². The maximum Gasteiger partial charge on any atom is 0.324 e. The second-order valence-corrected chi connectivity index (χ2v) is 6.08. The number of hydrogen-bond acceptors (Lipinski definition) is 2. The number of nitrogens with zero attached hydrogens (tertiary/aromatic N) is 1. The van der Waals surface area contributed by atoms with E-state index in [-0.39, 0.29) is 0 Å². The molecule has 1 rings (SSSR count). The third kappa shape index (κ3) is 3.95. The zero-order valence-electron chi connectivity index (χ0n) is 13.0. The van der Waals surface area contributed by atoms with Crippen LogP contribution < -0.4 is 0 Å². The fourth-order valence-electron chi connectivity index (χ4n) is 3.58. The molecule has 112 valence electrons. The van der Waals surface area contributed by atoms with E-state index < -0.39 is 11.5 Å². The maximum absolute atomic E-state index is 11.8. The molecule has 1 saturated heterocycles. The first-order chi connectivity index (χ1) is 9.08. The third-order valence-electron chi connectivity index (χ3n) is 4.61. The van der Waals surface area contributed by atoms with E-state index in [0.717, 1.165) is 38.6 Å². The number of aliphatic carboxylic acids is 1. The van der Waals surface area contributed by atoms with E-state index in [4.69, 9.17) is 0 Å². The van der Waals surface area contributed by atoms with Crippen molar-refractivity contribution in [1.29, 1.82) is 0 Å². The monoisotopic (exact) mass is 269 g/mol. The van der Waals surface area contributed by atoms with Crippen molar-refractivity contribution in [2.75, 3.05) is 6.54 Å². The highest BCUT2D eigenvalue weighted by atomic mass is 16.4. The molecule has 1 fully saturated rings. The molecule has 0 aromatic carbocycles. The Labute approximate surface area is 118 Å². The van der Waals surface area contributed by atoms with Crippen molar-refractivity contribution in [1.82, 2.24) is 4.90 Å². The topological polar surface area (TPSA) is 40.5 Å². The van der Waals surface area contributed by atoms with Crippen LogP contribution in [-0.4, -0.2) is 34.1 Å². The van der Waals surface area contributed by atoms with Crippen LogP contribution in [0.15, 0.2) is 0 Å². The Kier molecular flexibility index (Phi) is 6.84. The first kappa shape index (κ1) is 16.5. The molecule has 0 spiro atoms. The van der Waals surface area contributed by atoms with Gasteiger partial charge in [0, 0.05) is 6.04 Å². The molecule has 3 heteroatoms. The van der Waals surface area contributed by atoms with Gasteiger partial charge in [-0.3, -0.25) is 9.69 Å². The highest BCUT2D eigenvalue weighted by Crippen LogP contribution is 2.36. The van der Waals surface area contributed by atoms with Crippen molar-refractivity contribution in [3.63, 3.8) is 0 Å². The Morgan fingerprint density at radius 3 is 2.58 bits per heavy atom. The summed E-state index contributed by atoms with van der Waals surface area (Å²) in [6.07, 6.45) is 9.81. The SMILES string of the molecule is CCCCCCC(C)N1CCCC1(CCC)C(=O)O. The van der Waals surface area contributed by atoms with Gasteiger partial charge in [0.25, 0.3) is 0 Å². The molecule has 0 amide bonds. The van der Waals surface area contributed by atoms with Gasteiger partial charge in [-0.25, -0.2) is 0 Å². The normalized spacial score (nSPS) is 25.6. The number of rotatable bonds is 9. The van der Waals surface area contributed by atoms with E-state index in [1.807, 2.05) is 0 Å². The van der Waals surface area contributed by atoms with Gasteiger partial charge in [-0.15, -0.1) is 0 Å². The quantitative estimate of drug-likeness (QED) is 0.642. The van der Waals surface area contributed by atoms with Crippen molar-refractivity contribution in [2.45, 2.75) is 90.1 Å². The minimum atomic E-state index is -0.604. The molecule has 0 radical (unpaired) electrons. The van der Waals surface area contributed by atoms with Crippen LogP contribution in [0.25, 0.3) is 0 Å². The Hall–Kier alpha value is -0.570. The lowest BCUT2D eigenvalue weighted by molar-refractivity contribution is -0.151. The lowest BCUT2D eigenvalue weighted by Crippen LogP contribution is -2.53. The van der Waals surface area contributed by atoms with E-state index in [2.05, 4.69) is 25.7 Å². The molecule has 0 saturated carbocycles. The second kappa shape index (κ2) is 7.88. The number of carboxylic acids is 1. The molecule has 1 aliphatic rings. The third-order valence-corrected chi connectivity index (χ3v) is 4.61. The summed E-state index contributed by atoms with van der Waals surface area (Å²) >= 11 is 0. The van der Waals surface area contributed by atoms with Gasteiger partial charge in [0.05, 0.1) is 0 Å². The summed E-state index contributed by atoms with van der Waals surface area (Å²) in [5.41, 5.74) is -0.571. The summed E-state index contributed by atoms with van der Waals surface area (Å²) in [5, 5.41) is 9.68. The maximum atomic E-state index is 11.8. The molecule has 0 aromatic rings. The van der Waals surface area contributed by atoms with E-state index >= 15 is 0 Å². The first-order valence-electron chi connectivity index (χ1n) is 8.08. The molecule has 1 N–H and O–H groups in total. The molecular formula is C16H31NO2. The summed E-state index contributed by atoms with van der Waals surface area (Å²) in [6.45, 7) is 7.49. The van der Waals surface area contributed by atoms with Gasteiger partial charge in [-0.2, -0.15) is 0 Å². The van der Waals surface area contributed by atoms with Gasteiger partial charge in [0.15, 0.2) is 0 Å². The van der Waals surface area contributed by atoms with Gasteiger partial charge in [0.2, 0.25) is 0 Å². The largest absolute Gasteiger partial charge is 0.480 e. The van der Waals surface area contributed by atoms with E-state index in [9.17, 15) is 9.90 Å². The Morgan fingerprint density at radius 2 is 2.00 bits per heavy atom. The molecule has 0 aliphatic carbocycles. The highest BCUT2D eigenvalue weighted by molar-refractivity contribution is 5.79. The molecule has 1 heterocycles. The second-order valence-electron chi connectivity index (χ2n) is 6.08. The molecule has 0 aromatic heterocycles. The fourth-order valence-corrected chi connectivity index (χ4v) is 3.58. The van der Waals surface area contributed by atoms with Gasteiger partial charge in [-0.1, -0.05) is 46.0 Å². The van der Waals surface area contributed by atoms with Crippen LogP contribution >= 0.6 is 0 Å². The van der Waals surface area contributed by atoms with Crippen LogP contribution in [0, 0.1) is 0 Å². The van der Waals surface area contributed by atoms with Gasteiger partial charge in [-0.05, 0) is 39.2 Å². The van der Waals surface area contributed by atoms with Crippen molar-refractivity contribution in [3.05, 3.63) is 0 Å². The lowest BCUT2D eigenvalue weighted by atomic mass is 9.89. The highest BCUT2D eigenvalue weighted by Gasteiger charge is 2.48. The fraction of sp³-hybridized carbons (Fsp3) is 0.938. The van der Waals surface area contributed by atoms with E-state index in [0.29, 0.717) is 6.04 Å². The Bertz CT molecular complexity index is 280. The van der Waals surface area contributed by atoms with Crippen molar-refractivity contribution < 1.29 is 9.90 Å². The number of hydrogen-bond donors (Lipinski definition) is 1. The zero-order chi connectivity index (χ0) is 14.3. The number of unbranched alkanes of at least 4 members (excludes halogenated alkanes) is 3. The van der Waals surface area contributed by atoms with Crippen LogP contribution in [0.1, 0.15) is 78.6 Å². The molecule has 0 bridgehead atoms. The van der Waals surface area contributed by atoms with Crippen molar-refractivity contribution in [2.24, 2.45) is 0 Å². The minimum absolute atomic E-state index is 0.405. The molecule has 2 atom stereocenters. The summed E-state index contributed by atoms with van der Waals surface area (Å²) in [6, 6.07) is 0.405. The van der Waals surface area contributed by atoms with Gasteiger partial charge < -0.3 is 5.11 Å². The predicted molar refractivity (Wildman–Crippen MR) is 79.4 cm³/mol. The Balaban J connectivity index is 2.60. The first-order valence-corrected chi connectivity index (χ1v) is 8.08. The summed E-state index contributed by atoms with van der Waals surface area (Å²) < 4.78 is 0. The molecule has 19 heavy (non-hydrogen) atoms. The average Bonchev–Trinajstić information content (AvgIpc) is 2.80. The standard InChI is InChI=1S/C16H31NO2/c1-4-6-7-8-10-14(3)17-13-9-12-16(17,11-5-2)15(18)19/h14H,4-13H2,1-3H3,(H,18,19). The van der Waals surface area contributed by atoms with E-state index in [1.165, 1.54) is 25.7 Å². The molecule has 3 nitrogen and oxygen atoms in total. The smallest absolute Gasteiger partial charge is 0.324 e. The molecule has 1 aliphatic heterocycles. The minimum Gasteiger partial charge on any atom is -0.480 e. The van der Waals surface area contributed by atoms with Crippen molar-refractivity contribution >= 4 is 5.97 Å². The Morgan fingerprint density at radius 1 is 1.26 bits per heavy atom. The van der Waals surface area contributed by atoms with Crippen LogP contribution in [0.5, 0.6) is 0 Å². The van der Waals surface area contributed by atoms with Crippen LogP contribution in [0.2, 0.25) is 0 Å². The van der Waals surface area contributed by atoms with Gasteiger partial charge >= 0.3 is 5.97 Å². The van der Waals surface area contributed by atoms with Gasteiger partial charge in [0.1, 0.15) is 5.54 Å². The summed E-state index contributed by atoms with van der Waals surface area (Å²) in [7, 11) is 0. The van der Waals surface area contributed by atoms with E-state index in [1.54, 1.807) is 0 Å². The number of likely N-dealkylation sites (tertiary alicyclic amines) is 1. The molecular weight excluding hydrogens is 238 g/mol. The summed E-state index contributed by atoms with van der Waals surface area (Å²) in [5.74, 6) is -0.604. The molecule has 2 unspecified atom stereocenters. The predicted octanol–water partition coefficient (Wildman–Crippen LogP) is 4.06. The van der Waals surface area contributed by atoms with Crippen LogP contribution in [-0.2, 0) is 4.79 Å². The van der Waals surface area contributed by atoms with Crippen molar-refractivity contribution in [3.8, 4) is 0 Å².